The van der Waals surface area contributed by atoms with E-state index in [1.54, 1.807) is 6.92 Å². The molecule has 0 spiro atoms. The van der Waals surface area contributed by atoms with Crippen molar-refractivity contribution in [3.63, 3.8) is 0 Å². The van der Waals surface area contributed by atoms with Crippen molar-refractivity contribution in [1.82, 2.24) is 5.32 Å². The summed E-state index contributed by atoms with van der Waals surface area (Å²) in [6, 6.07) is 2.31. The van der Waals surface area contributed by atoms with Gasteiger partial charge in [0.25, 0.3) is 0 Å². The molecule has 0 aliphatic carbocycles. The normalized spacial score (nSPS) is 13.7. The Balaban J connectivity index is 2.91. The first-order valence-corrected chi connectivity index (χ1v) is 6.73. The van der Waals surface area contributed by atoms with Crippen LogP contribution in [0.5, 0.6) is 0 Å². The quantitative estimate of drug-likeness (QED) is 0.797. The molecule has 21 heavy (non-hydrogen) atoms. The summed E-state index contributed by atoms with van der Waals surface area (Å²) in [6.07, 6.45) is -4.59. The van der Waals surface area contributed by atoms with E-state index in [-0.39, 0.29) is 22.2 Å². The van der Waals surface area contributed by atoms with Crippen LogP contribution in [0.1, 0.15) is 33.3 Å². The van der Waals surface area contributed by atoms with Gasteiger partial charge in [-0.2, -0.15) is 13.2 Å². The van der Waals surface area contributed by atoms with Crippen LogP contribution < -0.4 is 10.6 Å². The zero-order valence-corrected chi connectivity index (χ0v) is 13.0. The van der Waals surface area contributed by atoms with Crippen molar-refractivity contribution in [2.45, 2.75) is 39.9 Å². The first kappa shape index (κ1) is 17.6. The molecule has 1 aromatic rings. The van der Waals surface area contributed by atoms with Crippen LogP contribution in [-0.2, 0) is 6.18 Å². The van der Waals surface area contributed by atoms with Crippen molar-refractivity contribution in [1.29, 1.82) is 0 Å². The van der Waals surface area contributed by atoms with E-state index in [0.717, 1.165) is 12.1 Å². The topological polar surface area (TPSA) is 41.1 Å². The molecule has 7 heteroatoms. The number of alkyl halides is 3. The number of amides is 2. The van der Waals surface area contributed by atoms with Gasteiger partial charge in [0.05, 0.1) is 11.3 Å². The number of hydrogen-bond donors (Lipinski definition) is 2. The van der Waals surface area contributed by atoms with Crippen LogP contribution in [0.25, 0.3) is 0 Å². The minimum Gasteiger partial charge on any atom is -0.335 e. The molecule has 118 valence electrons. The molecule has 1 rings (SSSR count). The largest absolute Gasteiger partial charge is 0.418 e. The van der Waals surface area contributed by atoms with E-state index < -0.39 is 17.8 Å². The predicted molar refractivity (Wildman–Crippen MR) is 77.5 cm³/mol. The summed E-state index contributed by atoms with van der Waals surface area (Å²) in [4.78, 5) is 11.8. The van der Waals surface area contributed by atoms with Gasteiger partial charge in [-0.1, -0.05) is 32.4 Å². The van der Waals surface area contributed by atoms with Crippen LogP contribution in [0.2, 0.25) is 5.02 Å². The number of benzene rings is 1. The first-order valence-electron chi connectivity index (χ1n) is 6.35. The van der Waals surface area contributed by atoms with Crippen molar-refractivity contribution >= 4 is 23.3 Å². The molecule has 0 fully saturated rings. The van der Waals surface area contributed by atoms with E-state index in [9.17, 15) is 18.0 Å². The number of carbonyl (C=O) groups excluding carboxylic acids is 1. The lowest BCUT2D eigenvalue weighted by Gasteiger charge is -2.28. The van der Waals surface area contributed by atoms with Crippen molar-refractivity contribution in [2.24, 2.45) is 5.41 Å². The van der Waals surface area contributed by atoms with Gasteiger partial charge in [-0.3, -0.25) is 0 Å². The maximum atomic E-state index is 12.9. The van der Waals surface area contributed by atoms with Gasteiger partial charge in [0.1, 0.15) is 0 Å². The predicted octanol–water partition coefficient (Wildman–Crippen LogP) is 4.91. The van der Waals surface area contributed by atoms with Crippen molar-refractivity contribution in [2.75, 3.05) is 5.32 Å². The molecule has 2 N–H and O–H groups in total. The molecule has 0 aromatic heterocycles. The Labute approximate surface area is 126 Å². The van der Waals surface area contributed by atoms with E-state index in [2.05, 4.69) is 10.6 Å². The van der Waals surface area contributed by atoms with Crippen molar-refractivity contribution < 1.29 is 18.0 Å². The van der Waals surface area contributed by atoms with Crippen LogP contribution in [0.3, 0.4) is 0 Å². The number of rotatable bonds is 2. The lowest BCUT2D eigenvalue weighted by Crippen LogP contribution is -2.43. The molecule has 0 saturated carbocycles. The molecule has 0 radical (unpaired) electrons. The van der Waals surface area contributed by atoms with Crippen LogP contribution in [0.15, 0.2) is 18.2 Å². The monoisotopic (exact) mass is 322 g/mol. The third-order valence-corrected chi connectivity index (χ3v) is 3.42. The Kier molecular flexibility index (Phi) is 5.15. The van der Waals surface area contributed by atoms with Crippen LogP contribution >= 0.6 is 11.6 Å². The molecular weight excluding hydrogens is 305 g/mol. The molecule has 1 aromatic carbocycles. The van der Waals surface area contributed by atoms with Crippen molar-refractivity contribution in [3.05, 3.63) is 28.8 Å². The Morgan fingerprint density at radius 3 is 2.29 bits per heavy atom. The highest BCUT2D eigenvalue weighted by Crippen LogP contribution is 2.36. The van der Waals surface area contributed by atoms with Crippen LogP contribution in [0.4, 0.5) is 23.7 Å². The van der Waals surface area contributed by atoms with E-state index in [1.807, 2.05) is 20.8 Å². The summed E-state index contributed by atoms with van der Waals surface area (Å²) in [5.41, 5.74) is -1.51. The Hall–Kier alpha value is -1.43. The highest BCUT2D eigenvalue weighted by atomic mass is 35.5. The average molecular weight is 323 g/mol. The number of carbonyl (C=O) groups is 1. The molecule has 1 atom stereocenters. The summed E-state index contributed by atoms with van der Waals surface area (Å²) in [6.45, 7) is 7.54. The fraction of sp³-hybridized carbons (Fsp3) is 0.500. The number of urea groups is 1. The van der Waals surface area contributed by atoms with Crippen molar-refractivity contribution in [3.8, 4) is 0 Å². The lowest BCUT2D eigenvalue weighted by atomic mass is 9.88. The van der Waals surface area contributed by atoms with Gasteiger partial charge in [-0.15, -0.1) is 0 Å². The Morgan fingerprint density at radius 2 is 1.81 bits per heavy atom. The maximum Gasteiger partial charge on any atom is 0.418 e. The fourth-order valence-corrected chi connectivity index (χ4v) is 1.60. The van der Waals surface area contributed by atoms with Gasteiger partial charge >= 0.3 is 12.2 Å². The van der Waals surface area contributed by atoms with E-state index in [1.165, 1.54) is 6.07 Å². The number of halogens is 4. The average Bonchev–Trinajstić information content (AvgIpc) is 2.28. The minimum atomic E-state index is -4.59. The second kappa shape index (κ2) is 6.13. The second-order valence-electron chi connectivity index (χ2n) is 5.87. The van der Waals surface area contributed by atoms with Gasteiger partial charge in [-0.25, -0.2) is 4.79 Å². The third-order valence-electron chi connectivity index (χ3n) is 3.18. The zero-order chi connectivity index (χ0) is 16.4. The standard InChI is InChI=1S/C14H18ClF3N2O/c1-8(13(2,3)4)19-12(21)20-11-6-5-9(15)7-10(11)14(16,17)18/h5-8H,1-4H3,(H2,19,20,21). The van der Waals surface area contributed by atoms with Crippen LogP contribution in [-0.4, -0.2) is 12.1 Å². The van der Waals surface area contributed by atoms with Gasteiger partial charge in [0.2, 0.25) is 0 Å². The molecule has 0 aliphatic heterocycles. The molecule has 0 aliphatic rings. The Bertz CT molecular complexity index is 524. The van der Waals surface area contributed by atoms with Gasteiger partial charge in [0.15, 0.2) is 0 Å². The highest BCUT2D eigenvalue weighted by Gasteiger charge is 2.34. The van der Waals surface area contributed by atoms with E-state index in [4.69, 9.17) is 11.6 Å². The van der Waals surface area contributed by atoms with E-state index in [0.29, 0.717) is 0 Å². The number of anilines is 1. The van der Waals surface area contributed by atoms with Crippen LogP contribution in [0, 0.1) is 5.41 Å². The summed E-state index contributed by atoms with van der Waals surface area (Å²) in [5, 5.41) is 4.78. The lowest BCUT2D eigenvalue weighted by molar-refractivity contribution is -0.136. The SMILES string of the molecule is CC(NC(=O)Nc1ccc(Cl)cc1C(F)(F)F)C(C)(C)C. The molecule has 0 saturated heterocycles. The number of nitrogens with one attached hydrogen (secondary N) is 2. The summed E-state index contributed by atoms with van der Waals surface area (Å²) < 4.78 is 38.7. The molecule has 0 heterocycles. The van der Waals surface area contributed by atoms with E-state index >= 15 is 0 Å². The minimum absolute atomic E-state index is 0.0451. The van der Waals surface area contributed by atoms with Gasteiger partial charge < -0.3 is 10.6 Å². The zero-order valence-electron chi connectivity index (χ0n) is 12.2. The smallest absolute Gasteiger partial charge is 0.335 e. The summed E-state index contributed by atoms with van der Waals surface area (Å²) in [5.74, 6) is 0. The summed E-state index contributed by atoms with van der Waals surface area (Å²) >= 11 is 5.58. The molecule has 3 nitrogen and oxygen atoms in total. The molecular formula is C14H18ClF3N2O. The first-order chi connectivity index (χ1) is 9.41. The molecule has 2 amide bonds. The maximum absolute atomic E-state index is 12.9. The fourth-order valence-electron chi connectivity index (χ4n) is 1.43. The second-order valence-corrected chi connectivity index (χ2v) is 6.31. The molecule has 1 unspecified atom stereocenters. The Morgan fingerprint density at radius 1 is 1.24 bits per heavy atom. The third kappa shape index (κ3) is 5.12. The van der Waals surface area contributed by atoms with Gasteiger partial charge in [0, 0.05) is 11.1 Å². The van der Waals surface area contributed by atoms with Gasteiger partial charge in [-0.05, 0) is 30.5 Å². The number of hydrogen-bond acceptors (Lipinski definition) is 1. The summed E-state index contributed by atoms with van der Waals surface area (Å²) in [7, 11) is 0. The highest BCUT2D eigenvalue weighted by molar-refractivity contribution is 6.30. The molecule has 0 bridgehead atoms.